The van der Waals surface area contributed by atoms with Gasteiger partial charge in [0.2, 0.25) is 0 Å². The topological polar surface area (TPSA) is 69.6 Å². The van der Waals surface area contributed by atoms with Crippen molar-refractivity contribution in [1.29, 1.82) is 0 Å². The molecule has 1 aliphatic carbocycles. The molecular weight excluding hydrogens is 268 g/mol. The third-order valence-electron chi connectivity index (χ3n) is 5.13. The molecule has 2 N–H and O–H groups in total. The first-order valence-corrected chi connectivity index (χ1v) is 8.29. The normalized spacial score (nSPS) is 27.2. The first kappa shape index (κ1) is 16.1. The zero-order chi connectivity index (χ0) is 15.5. The van der Waals surface area contributed by atoms with Crippen LogP contribution < -0.4 is 5.32 Å². The molecule has 0 spiro atoms. The van der Waals surface area contributed by atoms with Gasteiger partial charge >= 0.3 is 12.0 Å². The molecule has 2 amide bonds. The van der Waals surface area contributed by atoms with E-state index in [1.807, 2.05) is 6.92 Å². The second-order valence-corrected chi connectivity index (χ2v) is 6.70. The van der Waals surface area contributed by atoms with Crippen LogP contribution in [-0.2, 0) is 4.79 Å². The molecule has 0 radical (unpaired) electrons. The number of hydrogen-bond donors (Lipinski definition) is 2. The number of carboxylic acid groups (broad SMARTS) is 1. The Bertz CT molecular complexity index is 395. The zero-order valence-electron chi connectivity index (χ0n) is 13.2. The monoisotopic (exact) mass is 296 g/mol. The summed E-state index contributed by atoms with van der Waals surface area (Å²) >= 11 is 0. The van der Waals surface area contributed by atoms with E-state index in [-0.39, 0.29) is 12.1 Å². The predicted molar refractivity (Wildman–Crippen MR) is 81.1 cm³/mol. The average Bonchev–Trinajstić information content (AvgIpc) is 3.30. The van der Waals surface area contributed by atoms with Crippen LogP contribution in [0.1, 0.15) is 58.8 Å². The van der Waals surface area contributed by atoms with E-state index in [1.165, 1.54) is 12.8 Å². The summed E-state index contributed by atoms with van der Waals surface area (Å²) < 4.78 is 0. The maximum absolute atomic E-state index is 12.4. The van der Waals surface area contributed by atoms with Crippen LogP contribution in [-0.4, -0.2) is 41.1 Å². The highest BCUT2D eigenvalue weighted by Crippen LogP contribution is 2.35. The number of nitrogens with one attached hydrogen (secondary N) is 1. The maximum Gasteiger partial charge on any atom is 0.317 e. The molecule has 0 aromatic rings. The van der Waals surface area contributed by atoms with Gasteiger partial charge in [-0.1, -0.05) is 26.7 Å². The molecule has 0 bridgehead atoms. The first-order valence-electron chi connectivity index (χ1n) is 8.29. The molecule has 0 aromatic carbocycles. The lowest BCUT2D eigenvalue weighted by atomic mass is 9.78. The number of nitrogens with zero attached hydrogens (tertiary/aromatic N) is 1. The van der Waals surface area contributed by atoms with E-state index in [1.54, 1.807) is 4.90 Å². The van der Waals surface area contributed by atoms with Gasteiger partial charge in [-0.15, -0.1) is 0 Å². The molecule has 1 heterocycles. The summed E-state index contributed by atoms with van der Waals surface area (Å²) in [6.07, 6.45) is 6.59. The molecule has 2 atom stereocenters. The van der Waals surface area contributed by atoms with Crippen molar-refractivity contribution in [3.05, 3.63) is 0 Å². The highest BCUT2D eigenvalue weighted by molar-refractivity contribution is 5.79. The Hall–Kier alpha value is -1.26. The summed E-state index contributed by atoms with van der Waals surface area (Å²) in [7, 11) is 0. The van der Waals surface area contributed by atoms with Crippen LogP contribution in [0.2, 0.25) is 0 Å². The summed E-state index contributed by atoms with van der Waals surface area (Å²) in [5, 5.41) is 12.6. The van der Waals surface area contributed by atoms with Crippen molar-refractivity contribution in [3.8, 4) is 0 Å². The SMILES string of the molecule is CCC(CC1CC1)NC(=O)N1CCCC(CC)(C(=O)O)C1. The van der Waals surface area contributed by atoms with Crippen LogP contribution in [0, 0.1) is 11.3 Å². The zero-order valence-corrected chi connectivity index (χ0v) is 13.2. The molecule has 1 saturated heterocycles. The van der Waals surface area contributed by atoms with E-state index in [9.17, 15) is 14.7 Å². The molecule has 120 valence electrons. The van der Waals surface area contributed by atoms with E-state index in [2.05, 4.69) is 12.2 Å². The number of aliphatic carboxylic acids is 1. The largest absolute Gasteiger partial charge is 0.481 e. The number of urea groups is 1. The van der Waals surface area contributed by atoms with Gasteiger partial charge in [-0.2, -0.15) is 0 Å². The molecule has 1 saturated carbocycles. The molecule has 0 aromatic heterocycles. The van der Waals surface area contributed by atoms with Crippen LogP contribution in [0.25, 0.3) is 0 Å². The van der Waals surface area contributed by atoms with Gasteiger partial charge in [0.25, 0.3) is 0 Å². The van der Waals surface area contributed by atoms with Crippen LogP contribution in [0.5, 0.6) is 0 Å². The number of likely N-dealkylation sites (tertiary alicyclic amines) is 1. The van der Waals surface area contributed by atoms with Gasteiger partial charge < -0.3 is 15.3 Å². The minimum absolute atomic E-state index is 0.0822. The van der Waals surface area contributed by atoms with Gasteiger partial charge in [0.15, 0.2) is 0 Å². The number of carbonyl (C=O) groups excluding carboxylic acids is 1. The number of carboxylic acids is 1. The van der Waals surface area contributed by atoms with Gasteiger partial charge in [0.05, 0.1) is 5.41 Å². The number of carbonyl (C=O) groups is 2. The van der Waals surface area contributed by atoms with Crippen molar-refractivity contribution in [3.63, 3.8) is 0 Å². The number of hydrogen-bond acceptors (Lipinski definition) is 2. The number of amides is 2. The van der Waals surface area contributed by atoms with E-state index >= 15 is 0 Å². The third kappa shape index (κ3) is 3.89. The summed E-state index contributed by atoms with van der Waals surface area (Å²) in [6, 6.07) is 0.147. The Balaban J connectivity index is 1.92. The van der Waals surface area contributed by atoms with Gasteiger partial charge in [0.1, 0.15) is 0 Å². The molecular formula is C16H28N2O3. The molecule has 2 unspecified atom stereocenters. The van der Waals surface area contributed by atoms with Crippen molar-refractivity contribution in [2.75, 3.05) is 13.1 Å². The Labute approximate surface area is 127 Å². The third-order valence-corrected chi connectivity index (χ3v) is 5.13. The Morgan fingerprint density at radius 1 is 1.38 bits per heavy atom. The summed E-state index contributed by atoms with van der Waals surface area (Å²) in [4.78, 5) is 25.7. The van der Waals surface area contributed by atoms with Gasteiger partial charge in [-0.25, -0.2) is 4.79 Å². The lowest BCUT2D eigenvalue weighted by Gasteiger charge is -2.39. The molecule has 5 nitrogen and oxygen atoms in total. The van der Waals surface area contributed by atoms with Crippen LogP contribution in [0.4, 0.5) is 4.79 Å². The standard InChI is InChI=1S/C16H28N2O3/c1-3-13(10-12-6-7-12)17-15(21)18-9-5-8-16(4-2,11-18)14(19)20/h12-13H,3-11H2,1-2H3,(H,17,21)(H,19,20). The van der Waals surface area contributed by atoms with Crippen molar-refractivity contribution in [1.82, 2.24) is 10.2 Å². The lowest BCUT2D eigenvalue weighted by Crippen LogP contribution is -2.54. The molecule has 2 aliphatic rings. The Morgan fingerprint density at radius 2 is 2.10 bits per heavy atom. The second-order valence-electron chi connectivity index (χ2n) is 6.70. The summed E-state index contributed by atoms with van der Waals surface area (Å²) in [5.74, 6) is 0.0119. The minimum Gasteiger partial charge on any atom is -0.481 e. The predicted octanol–water partition coefficient (Wildman–Crippen LogP) is 2.85. The fraction of sp³-hybridized carbons (Fsp3) is 0.875. The molecule has 1 aliphatic heterocycles. The Morgan fingerprint density at radius 3 is 2.62 bits per heavy atom. The smallest absolute Gasteiger partial charge is 0.317 e. The van der Waals surface area contributed by atoms with E-state index < -0.39 is 11.4 Å². The second kappa shape index (κ2) is 6.67. The van der Waals surface area contributed by atoms with Gasteiger partial charge in [-0.3, -0.25) is 4.79 Å². The first-order chi connectivity index (χ1) is 10.0. The molecule has 21 heavy (non-hydrogen) atoms. The molecule has 2 rings (SSSR count). The maximum atomic E-state index is 12.4. The highest BCUT2D eigenvalue weighted by atomic mass is 16.4. The van der Waals surface area contributed by atoms with Crippen molar-refractivity contribution >= 4 is 12.0 Å². The van der Waals surface area contributed by atoms with Crippen LogP contribution >= 0.6 is 0 Å². The number of piperidine rings is 1. The average molecular weight is 296 g/mol. The van der Waals surface area contributed by atoms with E-state index in [0.29, 0.717) is 25.9 Å². The quantitative estimate of drug-likeness (QED) is 0.792. The van der Waals surface area contributed by atoms with Crippen molar-refractivity contribution in [2.24, 2.45) is 11.3 Å². The summed E-state index contributed by atoms with van der Waals surface area (Å²) in [5.41, 5.74) is -0.756. The lowest BCUT2D eigenvalue weighted by molar-refractivity contribution is -0.152. The fourth-order valence-electron chi connectivity index (χ4n) is 3.27. The van der Waals surface area contributed by atoms with E-state index in [0.717, 1.165) is 25.2 Å². The minimum atomic E-state index is -0.771. The molecule has 2 fully saturated rings. The van der Waals surface area contributed by atoms with E-state index in [4.69, 9.17) is 0 Å². The van der Waals surface area contributed by atoms with Crippen LogP contribution in [0.3, 0.4) is 0 Å². The summed E-state index contributed by atoms with van der Waals surface area (Å²) in [6.45, 7) is 5.00. The fourth-order valence-corrected chi connectivity index (χ4v) is 3.27. The molecule has 5 heteroatoms. The van der Waals surface area contributed by atoms with Gasteiger partial charge in [0, 0.05) is 19.1 Å². The van der Waals surface area contributed by atoms with Crippen molar-refractivity contribution in [2.45, 2.75) is 64.8 Å². The van der Waals surface area contributed by atoms with Crippen LogP contribution in [0.15, 0.2) is 0 Å². The van der Waals surface area contributed by atoms with Crippen molar-refractivity contribution < 1.29 is 14.7 Å². The number of rotatable bonds is 6. The highest BCUT2D eigenvalue weighted by Gasteiger charge is 2.42. The van der Waals surface area contributed by atoms with Gasteiger partial charge in [-0.05, 0) is 38.0 Å². The Kier molecular flexibility index (Phi) is 5.12.